The molecule has 0 fully saturated rings. The van der Waals surface area contributed by atoms with Crippen LogP contribution in [0.15, 0.2) is 30.5 Å². The highest BCUT2D eigenvalue weighted by molar-refractivity contribution is 5.83. The Morgan fingerprint density at radius 2 is 2.21 bits per heavy atom. The summed E-state index contributed by atoms with van der Waals surface area (Å²) in [6.07, 6.45) is 1.85. The molecule has 2 aromatic rings. The maximum Gasteiger partial charge on any atom is 0.310 e. The number of carbonyl (C=O) groups is 1. The van der Waals surface area contributed by atoms with Crippen LogP contribution in [-0.4, -0.2) is 16.1 Å². The number of hydrogen-bond acceptors (Lipinski definition) is 1. The van der Waals surface area contributed by atoms with Crippen LogP contribution in [0.4, 0.5) is 0 Å². The topological polar surface area (TPSA) is 53.1 Å². The van der Waals surface area contributed by atoms with Crippen LogP contribution in [0.5, 0.6) is 0 Å². The summed E-state index contributed by atoms with van der Waals surface area (Å²) in [6, 6.07) is 7.60. The minimum Gasteiger partial charge on any atom is -0.481 e. The van der Waals surface area contributed by atoms with Crippen LogP contribution < -0.4 is 0 Å². The van der Waals surface area contributed by atoms with E-state index >= 15 is 0 Å². The number of fused-ring (bicyclic) bond motifs is 1. The summed E-state index contributed by atoms with van der Waals surface area (Å²) in [4.78, 5) is 13.8. The van der Waals surface area contributed by atoms with Gasteiger partial charge in [0.2, 0.25) is 0 Å². The lowest BCUT2D eigenvalue weighted by molar-refractivity contribution is -0.138. The highest BCUT2D eigenvalue weighted by atomic mass is 16.4. The molecule has 0 saturated carbocycles. The number of aliphatic carboxylic acids is 1. The Morgan fingerprint density at radius 1 is 1.43 bits per heavy atom. The molecule has 3 nitrogen and oxygen atoms in total. The van der Waals surface area contributed by atoms with Crippen LogP contribution in [0.25, 0.3) is 10.9 Å². The van der Waals surface area contributed by atoms with Crippen molar-refractivity contribution in [3.8, 4) is 0 Å². The molecule has 1 atom stereocenters. The van der Waals surface area contributed by atoms with Gasteiger partial charge in [0.25, 0.3) is 0 Å². The quantitative estimate of drug-likeness (QED) is 0.761. The average molecular weight is 189 g/mol. The molecule has 1 aromatic heterocycles. The molecule has 0 aliphatic heterocycles. The molecule has 2 N–H and O–H groups in total. The summed E-state index contributed by atoms with van der Waals surface area (Å²) in [5, 5.41) is 9.90. The highest BCUT2D eigenvalue weighted by Crippen LogP contribution is 2.20. The lowest BCUT2D eigenvalue weighted by Crippen LogP contribution is -2.06. The number of H-pyrrole nitrogens is 1. The maximum absolute atomic E-state index is 10.8. The number of carboxylic acids is 1. The van der Waals surface area contributed by atoms with Crippen molar-refractivity contribution in [2.24, 2.45) is 0 Å². The summed E-state index contributed by atoms with van der Waals surface area (Å²) in [6.45, 7) is 1.69. The van der Waals surface area contributed by atoms with E-state index in [0.29, 0.717) is 0 Å². The van der Waals surface area contributed by atoms with Gasteiger partial charge in [-0.25, -0.2) is 0 Å². The van der Waals surface area contributed by atoms with E-state index in [-0.39, 0.29) is 0 Å². The maximum atomic E-state index is 10.8. The van der Waals surface area contributed by atoms with Gasteiger partial charge in [-0.05, 0) is 36.1 Å². The van der Waals surface area contributed by atoms with E-state index in [1.807, 2.05) is 30.5 Å². The van der Waals surface area contributed by atoms with Gasteiger partial charge in [0.15, 0.2) is 0 Å². The normalized spacial score (nSPS) is 12.9. The van der Waals surface area contributed by atoms with Gasteiger partial charge >= 0.3 is 5.97 Å². The second kappa shape index (κ2) is 3.18. The van der Waals surface area contributed by atoms with E-state index in [1.165, 1.54) is 0 Å². The molecule has 0 spiro atoms. The zero-order chi connectivity index (χ0) is 10.1. The molecule has 0 amide bonds. The Balaban J connectivity index is 2.48. The molecule has 0 saturated heterocycles. The average Bonchev–Trinajstić information content (AvgIpc) is 2.62. The molecular weight excluding hydrogens is 178 g/mol. The van der Waals surface area contributed by atoms with Crippen molar-refractivity contribution in [3.05, 3.63) is 36.0 Å². The Kier molecular flexibility index (Phi) is 2.00. The molecule has 0 radical (unpaired) electrons. The summed E-state index contributed by atoms with van der Waals surface area (Å²) in [7, 11) is 0. The second-order valence-corrected chi connectivity index (χ2v) is 3.38. The fourth-order valence-electron chi connectivity index (χ4n) is 1.48. The number of carboxylic acid groups (broad SMARTS) is 1. The Labute approximate surface area is 81.4 Å². The molecular formula is C11H11NO2. The predicted molar refractivity (Wildman–Crippen MR) is 54.3 cm³/mol. The van der Waals surface area contributed by atoms with Crippen molar-refractivity contribution in [1.29, 1.82) is 0 Å². The first kappa shape index (κ1) is 8.81. The first-order valence-corrected chi connectivity index (χ1v) is 4.48. The van der Waals surface area contributed by atoms with Crippen LogP contribution in [-0.2, 0) is 4.79 Å². The number of benzene rings is 1. The first-order chi connectivity index (χ1) is 6.68. The van der Waals surface area contributed by atoms with Crippen molar-refractivity contribution in [3.63, 3.8) is 0 Å². The number of rotatable bonds is 2. The molecule has 1 heterocycles. The van der Waals surface area contributed by atoms with Gasteiger partial charge in [0, 0.05) is 11.7 Å². The highest BCUT2D eigenvalue weighted by Gasteiger charge is 2.13. The first-order valence-electron chi connectivity index (χ1n) is 4.48. The summed E-state index contributed by atoms with van der Waals surface area (Å²) < 4.78 is 0. The second-order valence-electron chi connectivity index (χ2n) is 3.38. The van der Waals surface area contributed by atoms with Crippen LogP contribution >= 0.6 is 0 Å². The SMILES string of the molecule is CC(C(=O)O)c1ccc2[nH]ccc2c1. The van der Waals surface area contributed by atoms with E-state index < -0.39 is 11.9 Å². The fourth-order valence-corrected chi connectivity index (χ4v) is 1.48. The molecule has 3 heteroatoms. The number of aromatic nitrogens is 1. The molecule has 0 aliphatic carbocycles. The van der Waals surface area contributed by atoms with Gasteiger partial charge < -0.3 is 10.1 Å². The van der Waals surface area contributed by atoms with Gasteiger partial charge in [0.1, 0.15) is 0 Å². The van der Waals surface area contributed by atoms with Gasteiger partial charge in [-0.2, -0.15) is 0 Å². The Morgan fingerprint density at radius 3 is 2.93 bits per heavy atom. The number of aromatic amines is 1. The lowest BCUT2D eigenvalue weighted by Gasteiger charge is -2.05. The van der Waals surface area contributed by atoms with Crippen LogP contribution in [0, 0.1) is 0 Å². The van der Waals surface area contributed by atoms with Crippen molar-refractivity contribution in [2.45, 2.75) is 12.8 Å². The van der Waals surface area contributed by atoms with Crippen molar-refractivity contribution >= 4 is 16.9 Å². The molecule has 72 valence electrons. The molecule has 0 aliphatic rings. The zero-order valence-electron chi connectivity index (χ0n) is 7.82. The van der Waals surface area contributed by atoms with E-state index in [0.717, 1.165) is 16.5 Å². The Bertz CT molecular complexity index is 473. The summed E-state index contributed by atoms with van der Waals surface area (Å²) in [5.74, 6) is -1.24. The monoisotopic (exact) mass is 189 g/mol. The third-order valence-electron chi connectivity index (χ3n) is 2.45. The van der Waals surface area contributed by atoms with Crippen molar-refractivity contribution in [1.82, 2.24) is 4.98 Å². The van der Waals surface area contributed by atoms with Crippen LogP contribution in [0.2, 0.25) is 0 Å². The molecule has 2 rings (SSSR count). The van der Waals surface area contributed by atoms with Crippen molar-refractivity contribution in [2.75, 3.05) is 0 Å². The van der Waals surface area contributed by atoms with Gasteiger partial charge in [-0.3, -0.25) is 4.79 Å². The van der Waals surface area contributed by atoms with Gasteiger partial charge in [-0.1, -0.05) is 6.07 Å². The van der Waals surface area contributed by atoms with E-state index in [4.69, 9.17) is 5.11 Å². The predicted octanol–water partition coefficient (Wildman–Crippen LogP) is 2.36. The largest absolute Gasteiger partial charge is 0.481 e. The van der Waals surface area contributed by atoms with Crippen LogP contribution in [0.1, 0.15) is 18.4 Å². The molecule has 0 bridgehead atoms. The Hall–Kier alpha value is -1.77. The minimum atomic E-state index is -0.792. The third kappa shape index (κ3) is 1.37. The fraction of sp³-hybridized carbons (Fsp3) is 0.182. The third-order valence-corrected chi connectivity index (χ3v) is 2.45. The van der Waals surface area contributed by atoms with E-state index in [2.05, 4.69) is 4.98 Å². The molecule has 14 heavy (non-hydrogen) atoms. The number of nitrogens with one attached hydrogen (secondary N) is 1. The van der Waals surface area contributed by atoms with E-state index in [1.54, 1.807) is 6.92 Å². The van der Waals surface area contributed by atoms with Crippen LogP contribution in [0.3, 0.4) is 0 Å². The van der Waals surface area contributed by atoms with Crippen molar-refractivity contribution < 1.29 is 9.90 Å². The minimum absolute atomic E-state index is 0.450. The zero-order valence-corrected chi connectivity index (χ0v) is 7.82. The summed E-state index contributed by atoms with van der Waals surface area (Å²) in [5.41, 5.74) is 1.87. The smallest absolute Gasteiger partial charge is 0.310 e. The molecule has 1 unspecified atom stereocenters. The summed E-state index contributed by atoms with van der Waals surface area (Å²) >= 11 is 0. The lowest BCUT2D eigenvalue weighted by atomic mass is 10.0. The standard InChI is InChI=1S/C11H11NO2/c1-7(11(13)14)8-2-3-10-9(6-8)4-5-12-10/h2-7,12H,1H3,(H,13,14). The van der Waals surface area contributed by atoms with Gasteiger partial charge in [0.05, 0.1) is 5.92 Å². The van der Waals surface area contributed by atoms with Gasteiger partial charge in [-0.15, -0.1) is 0 Å². The molecule has 1 aromatic carbocycles. The van der Waals surface area contributed by atoms with E-state index in [9.17, 15) is 4.79 Å². The number of hydrogen-bond donors (Lipinski definition) is 2.